The first-order chi connectivity index (χ1) is 10.2. The molecule has 1 aliphatic carbocycles. The molecule has 0 bridgehead atoms. The van der Waals surface area contributed by atoms with Crippen LogP contribution in [0.1, 0.15) is 38.3 Å². The summed E-state index contributed by atoms with van der Waals surface area (Å²) in [4.78, 5) is 25.3. The van der Waals surface area contributed by atoms with Crippen LogP contribution in [-0.2, 0) is 0 Å². The molecule has 0 aromatic heterocycles. The Bertz CT molecular complexity index is 724. The highest BCUT2D eigenvalue weighted by Gasteiger charge is 2.31. The number of hydrogen-bond acceptors (Lipinski definition) is 3. The van der Waals surface area contributed by atoms with Gasteiger partial charge in [0.25, 0.3) is 0 Å². The van der Waals surface area contributed by atoms with E-state index in [1.54, 1.807) is 30.3 Å². The Morgan fingerprint density at radius 2 is 1.52 bits per heavy atom. The smallest absolute Gasteiger partial charge is 0.196 e. The van der Waals surface area contributed by atoms with E-state index in [1.807, 2.05) is 12.1 Å². The Morgan fingerprint density at radius 1 is 0.857 bits per heavy atom. The largest absolute Gasteiger partial charge is 0.384 e. The lowest BCUT2D eigenvalue weighted by Crippen LogP contribution is -2.22. The Balaban J connectivity index is 2.08. The molecule has 0 radical (unpaired) electrons. The van der Waals surface area contributed by atoms with Gasteiger partial charge in [0.15, 0.2) is 11.6 Å². The van der Waals surface area contributed by atoms with Crippen LogP contribution in [0.5, 0.6) is 0 Å². The molecule has 0 saturated heterocycles. The average molecular weight is 344 g/mol. The van der Waals surface area contributed by atoms with Gasteiger partial charge in [-0.25, -0.2) is 0 Å². The van der Waals surface area contributed by atoms with Crippen LogP contribution in [0.2, 0.25) is 0 Å². The number of hydrogen-bond donors (Lipinski definition) is 1. The third-order valence-corrected chi connectivity index (χ3v) is 4.14. The number of benzene rings is 2. The molecule has 21 heavy (non-hydrogen) atoms. The van der Waals surface area contributed by atoms with Crippen LogP contribution in [0, 0.1) is 0 Å². The zero-order valence-corrected chi connectivity index (χ0v) is 12.9. The Kier molecular flexibility index (Phi) is 3.88. The summed E-state index contributed by atoms with van der Waals surface area (Å²) < 4.78 is 0. The quantitative estimate of drug-likeness (QED) is 0.580. The molecule has 2 aromatic carbocycles. The van der Waals surface area contributed by atoms with Crippen LogP contribution in [0.4, 0.5) is 5.69 Å². The van der Waals surface area contributed by atoms with E-state index < -0.39 is 0 Å². The molecule has 0 amide bonds. The summed E-state index contributed by atoms with van der Waals surface area (Å²) >= 11 is 3.38. The van der Waals surface area contributed by atoms with E-state index >= 15 is 0 Å². The molecule has 3 rings (SSSR count). The van der Waals surface area contributed by atoms with Gasteiger partial charge < -0.3 is 5.32 Å². The number of carbonyl (C=O) groups is 2. The van der Waals surface area contributed by atoms with E-state index in [0.29, 0.717) is 22.3 Å². The fraction of sp³-hybridized carbons (Fsp3) is 0.176. The van der Waals surface area contributed by atoms with E-state index in [-0.39, 0.29) is 11.6 Å². The van der Waals surface area contributed by atoms with E-state index in [2.05, 4.69) is 21.2 Å². The molecule has 4 heteroatoms. The van der Waals surface area contributed by atoms with Gasteiger partial charge in [0, 0.05) is 34.3 Å². The number of anilines is 1. The van der Waals surface area contributed by atoms with Crippen molar-refractivity contribution < 1.29 is 9.59 Å². The van der Waals surface area contributed by atoms with E-state index in [1.165, 1.54) is 0 Å². The molecule has 2 aromatic rings. The number of carbonyl (C=O) groups excluding carboxylic acids is 2. The van der Waals surface area contributed by atoms with E-state index in [0.717, 1.165) is 24.0 Å². The summed E-state index contributed by atoms with van der Waals surface area (Å²) in [6, 6.07) is 12.4. The zero-order chi connectivity index (χ0) is 14.8. The normalized spacial score (nSPS) is 12.8. The van der Waals surface area contributed by atoms with Crippen LogP contribution in [-0.4, -0.2) is 23.4 Å². The van der Waals surface area contributed by atoms with Crippen LogP contribution >= 0.6 is 15.9 Å². The highest BCUT2D eigenvalue weighted by atomic mass is 79.9. The predicted molar refractivity (Wildman–Crippen MR) is 86.6 cm³/mol. The maximum Gasteiger partial charge on any atom is 0.196 e. The first-order valence-electron chi connectivity index (χ1n) is 6.85. The van der Waals surface area contributed by atoms with Crippen LogP contribution < -0.4 is 5.32 Å². The van der Waals surface area contributed by atoms with Crippen molar-refractivity contribution in [3.05, 3.63) is 64.7 Å². The van der Waals surface area contributed by atoms with Crippen molar-refractivity contribution in [2.24, 2.45) is 0 Å². The number of rotatable bonds is 4. The first kappa shape index (κ1) is 14.0. The molecule has 1 N–H and O–H groups in total. The molecule has 106 valence electrons. The third-order valence-electron chi connectivity index (χ3n) is 3.58. The van der Waals surface area contributed by atoms with E-state index in [9.17, 15) is 9.59 Å². The van der Waals surface area contributed by atoms with Crippen LogP contribution in [0.25, 0.3) is 0 Å². The summed E-state index contributed by atoms with van der Waals surface area (Å²) in [6.45, 7) is 0.755. The van der Waals surface area contributed by atoms with Crippen LogP contribution in [0.3, 0.4) is 0 Å². The molecule has 0 aliphatic heterocycles. The topological polar surface area (TPSA) is 46.2 Å². The second kappa shape index (κ2) is 5.82. The van der Waals surface area contributed by atoms with Gasteiger partial charge in [-0.3, -0.25) is 9.59 Å². The van der Waals surface area contributed by atoms with Gasteiger partial charge in [-0.1, -0.05) is 52.3 Å². The molecule has 0 saturated carbocycles. The average Bonchev–Trinajstić information content (AvgIpc) is 2.53. The number of ketones is 2. The first-order valence-corrected chi connectivity index (χ1v) is 7.97. The van der Waals surface area contributed by atoms with Crippen molar-refractivity contribution in [3.8, 4) is 0 Å². The number of nitrogens with one attached hydrogen (secondary N) is 1. The van der Waals surface area contributed by atoms with Crippen molar-refractivity contribution in [1.82, 2.24) is 0 Å². The molecule has 1 aliphatic rings. The lowest BCUT2D eigenvalue weighted by atomic mass is 9.83. The van der Waals surface area contributed by atoms with Gasteiger partial charge in [0.2, 0.25) is 0 Å². The zero-order valence-electron chi connectivity index (χ0n) is 11.4. The predicted octanol–water partition coefficient (Wildman–Crippen LogP) is 3.66. The molecular formula is C17H14BrNO2. The minimum absolute atomic E-state index is 0.0793. The molecule has 0 fully saturated rings. The molecule has 0 atom stereocenters. The number of halogens is 1. The minimum atomic E-state index is -0.0813. The summed E-state index contributed by atoms with van der Waals surface area (Å²) in [5.41, 5.74) is 2.71. The second-order valence-corrected chi connectivity index (χ2v) is 5.69. The van der Waals surface area contributed by atoms with Gasteiger partial charge in [0.1, 0.15) is 0 Å². The number of fused-ring (bicyclic) bond motifs is 2. The lowest BCUT2D eigenvalue weighted by Gasteiger charge is -2.20. The van der Waals surface area contributed by atoms with Crippen molar-refractivity contribution in [2.45, 2.75) is 6.42 Å². The highest BCUT2D eigenvalue weighted by molar-refractivity contribution is 9.09. The minimum Gasteiger partial charge on any atom is -0.384 e. The standard InChI is InChI=1S/C17H14BrNO2/c18-9-4-10-19-14-8-3-7-13-15(14)17(21)12-6-2-1-5-11(12)16(13)20/h1-3,5-8,19H,4,9-10H2. The summed E-state index contributed by atoms with van der Waals surface area (Å²) in [5, 5.41) is 4.15. The molecule has 0 heterocycles. The molecule has 0 unspecified atom stereocenters. The maximum atomic E-state index is 12.7. The molecule has 0 spiro atoms. The van der Waals surface area contributed by atoms with Gasteiger partial charge in [-0.15, -0.1) is 0 Å². The van der Waals surface area contributed by atoms with Crippen LogP contribution in [0.15, 0.2) is 42.5 Å². The van der Waals surface area contributed by atoms with Crippen molar-refractivity contribution in [2.75, 3.05) is 17.2 Å². The fourth-order valence-corrected chi connectivity index (χ4v) is 2.86. The molecule has 3 nitrogen and oxygen atoms in total. The summed E-state index contributed by atoms with van der Waals surface area (Å²) in [6.07, 6.45) is 0.947. The molecular weight excluding hydrogens is 330 g/mol. The summed E-state index contributed by atoms with van der Waals surface area (Å²) in [7, 11) is 0. The summed E-state index contributed by atoms with van der Waals surface area (Å²) in [5.74, 6) is -0.161. The Labute approximate surface area is 131 Å². The van der Waals surface area contributed by atoms with Crippen molar-refractivity contribution in [3.63, 3.8) is 0 Å². The maximum absolute atomic E-state index is 12.7. The highest BCUT2D eigenvalue weighted by Crippen LogP contribution is 2.31. The van der Waals surface area contributed by atoms with Crippen molar-refractivity contribution in [1.29, 1.82) is 0 Å². The van der Waals surface area contributed by atoms with E-state index in [4.69, 9.17) is 0 Å². The Morgan fingerprint density at radius 3 is 2.24 bits per heavy atom. The SMILES string of the molecule is O=C1c2ccccc2C(=O)c2c(NCCCBr)cccc21. The monoisotopic (exact) mass is 343 g/mol. The van der Waals surface area contributed by atoms with Crippen molar-refractivity contribution >= 4 is 33.2 Å². The van der Waals surface area contributed by atoms with Gasteiger partial charge in [-0.2, -0.15) is 0 Å². The number of alkyl halides is 1. The fourth-order valence-electron chi connectivity index (χ4n) is 2.58. The lowest BCUT2D eigenvalue weighted by molar-refractivity contribution is 0.0979. The van der Waals surface area contributed by atoms with Gasteiger partial charge in [0.05, 0.1) is 5.56 Å². The second-order valence-electron chi connectivity index (χ2n) is 4.90. The van der Waals surface area contributed by atoms with Gasteiger partial charge in [-0.05, 0) is 12.5 Å². The third kappa shape index (κ3) is 2.40. The Hall–Kier alpha value is -1.94. The van der Waals surface area contributed by atoms with Gasteiger partial charge >= 0.3 is 0 Å².